The summed E-state index contributed by atoms with van der Waals surface area (Å²) >= 11 is 0. The number of aromatic nitrogens is 2. The van der Waals surface area contributed by atoms with Gasteiger partial charge in [0.15, 0.2) is 0 Å². The minimum absolute atomic E-state index is 0.260. The smallest absolute Gasteiger partial charge is 0.129 e. The average molecular weight is 275 g/mol. The van der Waals surface area contributed by atoms with E-state index in [2.05, 4.69) is 5.10 Å². The Labute approximate surface area is 117 Å². The molecule has 2 aromatic rings. The molecule has 2 heterocycles. The van der Waals surface area contributed by atoms with Crippen molar-refractivity contribution in [2.24, 2.45) is 7.05 Å². The van der Waals surface area contributed by atoms with Gasteiger partial charge < -0.3 is 10.5 Å². The molecule has 3 rings (SSSR count). The fourth-order valence-electron chi connectivity index (χ4n) is 2.76. The third-order valence-corrected chi connectivity index (χ3v) is 3.84. The largest absolute Gasteiger partial charge is 0.383 e. The van der Waals surface area contributed by atoms with E-state index in [-0.39, 0.29) is 5.82 Å². The van der Waals surface area contributed by atoms with E-state index in [0.717, 1.165) is 42.9 Å². The maximum absolute atomic E-state index is 13.5. The van der Waals surface area contributed by atoms with Gasteiger partial charge in [-0.2, -0.15) is 5.10 Å². The van der Waals surface area contributed by atoms with Gasteiger partial charge in [-0.25, -0.2) is 4.39 Å². The predicted molar refractivity (Wildman–Crippen MR) is 75.8 cm³/mol. The highest BCUT2D eigenvalue weighted by molar-refractivity contribution is 5.77. The summed E-state index contributed by atoms with van der Waals surface area (Å²) in [6.45, 7) is 1.48. The Bertz CT molecular complexity index is 618. The maximum Gasteiger partial charge on any atom is 0.129 e. The second-order valence-electron chi connectivity index (χ2n) is 5.17. The summed E-state index contributed by atoms with van der Waals surface area (Å²) in [6.07, 6.45) is 1.86. The highest BCUT2D eigenvalue weighted by Gasteiger charge is 2.25. The van der Waals surface area contributed by atoms with E-state index in [0.29, 0.717) is 11.7 Å². The molecule has 20 heavy (non-hydrogen) atoms. The normalized spacial score (nSPS) is 16.5. The summed E-state index contributed by atoms with van der Waals surface area (Å²) in [5.41, 5.74) is 8.75. The summed E-state index contributed by atoms with van der Waals surface area (Å²) in [4.78, 5) is 0. The molecule has 0 bridgehead atoms. The van der Waals surface area contributed by atoms with E-state index in [9.17, 15) is 4.39 Å². The van der Waals surface area contributed by atoms with Crippen LogP contribution in [0.5, 0.6) is 0 Å². The van der Waals surface area contributed by atoms with E-state index < -0.39 is 0 Å². The molecule has 5 heteroatoms. The fourth-order valence-corrected chi connectivity index (χ4v) is 2.76. The lowest BCUT2D eigenvalue weighted by molar-refractivity contribution is 0.0845. The van der Waals surface area contributed by atoms with Crippen molar-refractivity contribution >= 4 is 5.82 Å². The molecule has 1 aromatic carbocycles. The number of nitrogens with zero attached hydrogens (tertiary/aromatic N) is 2. The quantitative estimate of drug-likeness (QED) is 0.916. The molecule has 0 saturated carbocycles. The molecule has 1 aliphatic rings. The fraction of sp³-hybridized carbons (Fsp3) is 0.400. The number of benzene rings is 1. The minimum atomic E-state index is -0.260. The number of aryl methyl sites for hydroxylation is 1. The average Bonchev–Trinajstić information content (AvgIpc) is 2.76. The Balaban J connectivity index is 2.09. The third kappa shape index (κ3) is 2.29. The van der Waals surface area contributed by atoms with Gasteiger partial charge in [-0.15, -0.1) is 0 Å². The number of nitrogen functional groups attached to an aromatic ring is 1. The van der Waals surface area contributed by atoms with Crippen molar-refractivity contribution in [1.29, 1.82) is 0 Å². The first-order chi connectivity index (χ1) is 9.66. The Morgan fingerprint density at radius 2 is 2.10 bits per heavy atom. The summed E-state index contributed by atoms with van der Waals surface area (Å²) < 4.78 is 20.5. The number of hydrogen-bond acceptors (Lipinski definition) is 3. The minimum Gasteiger partial charge on any atom is -0.383 e. The number of hydrogen-bond donors (Lipinski definition) is 1. The van der Waals surface area contributed by atoms with Gasteiger partial charge in [-0.05, 0) is 30.5 Å². The highest BCUT2D eigenvalue weighted by Crippen LogP contribution is 2.37. The van der Waals surface area contributed by atoms with Crippen LogP contribution in [0.4, 0.5) is 10.2 Å². The Kier molecular flexibility index (Phi) is 3.44. The van der Waals surface area contributed by atoms with Gasteiger partial charge in [0.2, 0.25) is 0 Å². The molecule has 1 aliphatic heterocycles. The van der Waals surface area contributed by atoms with Crippen molar-refractivity contribution in [2.45, 2.75) is 18.8 Å². The molecule has 2 N–H and O–H groups in total. The maximum atomic E-state index is 13.5. The van der Waals surface area contributed by atoms with Gasteiger partial charge in [-0.1, -0.05) is 12.1 Å². The third-order valence-electron chi connectivity index (χ3n) is 3.84. The van der Waals surface area contributed by atoms with Crippen LogP contribution in [-0.4, -0.2) is 23.0 Å². The van der Waals surface area contributed by atoms with Gasteiger partial charge >= 0.3 is 0 Å². The summed E-state index contributed by atoms with van der Waals surface area (Å²) in [6, 6.07) is 6.52. The van der Waals surface area contributed by atoms with Crippen LogP contribution in [0.25, 0.3) is 11.1 Å². The van der Waals surface area contributed by atoms with E-state index in [1.54, 1.807) is 10.7 Å². The second kappa shape index (κ2) is 5.25. The number of ether oxygens (including phenoxy) is 1. The zero-order chi connectivity index (χ0) is 14.1. The van der Waals surface area contributed by atoms with E-state index in [1.807, 2.05) is 13.1 Å². The number of nitrogens with two attached hydrogens (primary N) is 1. The molecule has 4 nitrogen and oxygen atoms in total. The first kappa shape index (κ1) is 13.1. The lowest BCUT2D eigenvalue weighted by Crippen LogP contribution is -2.15. The number of rotatable bonds is 2. The van der Waals surface area contributed by atoms with Crippen LogP contribution in [0.1, 0.15) is 24.5 Å². The SMILES string of the molecule is Cn1nc(C2CCOCC2)c(-c2cccc(F)c2)c1N. The molecule has 1 saturated heterocycles. The number of anilines is 1. The first-order valence-electron chi connectivity index (χ1n) is 6.83. The van der Waals surface area contributed by atoms with Crippen LogP contribution in [0.15, 0.2) is 24.3 Å². The van der Waals surface area contributed by atoms with Crippen molar-refractivity contribution in [3.8, 4) is 11.1 Å². The standard InChI is InChI=1S/C15H18FN3O/c1-19-15(17)13(11-3-2-4-12(16)9-11)14(18-19)10-5-7-20-8-6-10/h2-4,9-10H,5-8,17H2,1H3. The zero-order valence-corrected chi connectivity index (χ0v) is 11.5. The first-order valence-corrected chi connectivity index (χ1v) is 6.83. The van der Waals surface area contributed by atoms with Crippen molar-refractivity contribution in [1.82, 2.24) is 9.78 Å². The van der Waals surface area contributed by atoms with Crippen LogP contribution in [0, 0.1) is 5.82 Å². The van der Waals surface area contributed by atoms with Crippen LogP contribution in [0.3, 0.4) is 0 Å². The topological polar surface area (TPSA) is 53.1 Å². The monoisotopic (exact) mass is 275 g/mol. The molecule has 106 valence electrons. The molecule has 1 fully saturated rings. The Morgan fingerprint density at radius 3 is 2.80 bits per heavy atom. The van der Waals surface area contributed by atoms with Gasteiger partial charge in [0, 0.05) is 31.7 Å². The molecule has 0 radical (unpaired) electrons. The molecule has 0 spiro atoms. The van der Waals surface area contributed by atoms with Gasteiger partial charge in [0.05, 0.1) is 5.69 Å². The van der Waals surface area contributed by atoms with E-state index in [1.165, 1.54) is 12.1 Å². The molecule has 0 unspecified atom stereocenters. The van der Waals surface area contributed by atoms with Crippen molar-refractivity contribution in [2.75, 3.05) is 18.9 Å². The van der Waals surface area contributed by atoms with Crippen molar-refractivity contribution in [3.63, 3.8) is 0 Å². The van der Waals surface area contributed by atoms with Crippen LogP contribution in [0.2, 0.25) is 0 Å². The van der Waals surface area contributed by atoms with Gasteiger partial charge in [0.25, 0.3) is 0 Å². The lowest BCUT2D eigenvalue weighted by Gasteiger charge is -2.21. The molecule has 0 amide bonds. The van der Waals surface area contributed by atoms with Gasteiger partial charge in [0.1, 0.15) is 11.6 Å². The molecule has 0 aliphatic carbocycles. The summed E-state index contributed by atoms with van der Waals surface area (Å²) in [5.74, 6) is 0.645. The van der Waals surface area contributed by atoms with Gasteiger partial charge in [-0.3, -0.25) is 4.68 Å². The molecule has 0 atom stereocenters. The van der Waals surface area contributed by atoms with Crippen LogP contribution >= 0.6 is 0 Å². The highest BCUT2D eigenvalue weighted by atomic mass is 19.1. The Morgan fingerprint density at radius 1 is 1.35 bits per heavy atom. The molecular weight excluding hydrogens is 257 g/mol. The van der Waals surface area contributed by atoms with Crippen molar-refractivity contribution < 1.29 is 9.13 Å². The van der Waals surface area contributed by atoms with Crippen LogP contribution < -0.4 is 5.73 Å². The Hall–Kier alpha value is -1.88. The summed E-state index contributed by atoms with van der Waals surface area (Å²) in [5, 5.41) is 4.55. The molecule has 1 aromatic heterocycles. The molecular formula is C15H18FN3O. The van der Waals surface area contributed by atoms with Crippen molar-refractivity contribution in [3.05, 3.63) is 35.8 Å². The second-order valence-corrected chi connectivity index (χ2v) is 5.17. The number of halogens is 1. The van der Waals surface area contributed by atoms with Crippen LogP contribution in [-0.2, 0) is 11.8 Å². The zero-order valence-electron chi connectivity index (χ0n) is 11.5. The predicted octanol–water partition coefficient (Wildman–Crippen LogP) is 2.70. The lowest BCUT2D eigenvalue weighted by atomic mass is 9.91. The summed E-state index contributed by atoms with van der Waals surface area (Å²) in [7, 11) is 1.82. The van der Waals surface area contributed by atoms with E-state index >= 15 is 0 Å². The van der Waals surface area contributed by atoms with E-state index in [4.69, 9.17) is 10.5 Å².